The molecule has 41 heavy (non-hydrogen) atoms. The molecule has 18 heteroatoms. The Morgan fingerprint density at radius 2 is 1.27 bits per heavy atom. The minimum absolute atomic E-state index is 0.0124. The topological polar surface area (TPSA) is 277 Å². The fourth-order valence-corrected chi connectivity index (χ4v) is 2.56. The Morgan fingerprint density at radius 3 is 1.56 bits per heavy atom. The van der Waals surface area contributed by atoms with Crippen LogP contribution in [-0.4, -0.2) is 88.7 Å². The quantitative estimate of drug-likeness (QED) is 0.100. The maximum Gasteiger partial charge on any atom is 0.315 e. The molecule has 2 aromatic rings. The smallest absolute Gasteiger partial charge is 0.315 e. The van der Waals surface area contributed by atoms with E-state index in [0.717, 1.165) is 18.2 Å². The van der Waals surface area contributed by atoms with Gasteiger partial charge in [0.1, 0.15) is 30.1 Å². The number of nitro benzene ring substituents is 2. The van der Waals surface area contributed by atoms with Crippen molar-refractivity contribution in [1.82, 2.24) is 4.90 Å². The van der Waals surface area contributed by atoms with Gasteiger partial charge in [0.05, 0.1) is 53.9 Å². The van der Waals surface area contributed by atoms with Gasteiger partial charge in [-0.25, -0.2) is 0 Å². The molecule has 2 aromatic carbocycles. The molecule has 0 saturated heterocycles. The van der Waals surface area contributed by atoms with E-state index in [1.807, 2.05) is 0 Å². The summed E-state index contributed by atoms with van der Waals surface area (Å²) < 4.78 is 9.57. The molecule has 0 aliphatic carbocycles. The van der Waals surface area contributed by atoms with Crippen molar-refractivity contribution in [2.45, 2.75) is 13.0 Å². The van der Waals surface area contributed by atoms with Gasteiger partial charge in [0.15, 0.2) is 11.6 Å². The minimum Gasteiger partial charge on any atom is -0.502 e. The summed E-state index contributed by atoms with van der Waals surface area (Å²) in [6, 6.07) is 3.42. The number of carbonyl (C=O) groups is 6. The number of nitrogens with two attached hydrogens (primary N) is 1. The van der Waals surface area contributed by atoms with E-state index in [-0.39, 0.29) is 29.9 Å². The predicted molar refractivity (Wildman–Crippen MR) is 136 cm³/mol. The van der Waals surface area contributed by atoms with Crippen LogP contribution in [0.25, 0.3) is 0 Å². The van der Waals surface area contributed by atoms with Crippen molar-refractivity contribution < 1.29 is 58.3 Å². The van der Waals surface area contributed by atoms with Crippen LogP contribution in [0.4, 0.5) is 11.4 Å². The summed E-state index contributed by atoms with van der Waals surface area (Å²) in [6.45, 7) is 0.559. The number of phenols is 2. The zero-order chi connectivity index (χ0) is 31.9. The number of benzene rings is 2. The first-order valence-corrected chi connectivity index (χ1v) is 10.7. The van der Waals surface area contributed by atoms with Gasteiger partial charge in [0.2, 0.25) is 24.3 Å². The van der Waals surface area contributed by atoms with E-state index in [9.17, 15) is 59.2 Å². The largest absolute Gasteiger partial charge is 0.502 e. The molecule has 0 saturated carbocycles. The number of hydrogen-bond donors (Lipinski definition) is 3. The van der Waals surface area contributed by atoms with Gasteiger partial charge in [-0.05, 0) is 19.1 Å². The molecule has 0 spiro atoms. The molecule has 0 atom stereocenters. The van der Waals surface area contributed by atoms with Crippen LogP contribution in [0.1, 0.15) is 27.6 Å². The Kier molecular flexibility index (Phi) is 14.5. The van der Waals surface area contributed by atoms with Gasteiger partial charge < -0.3 is 35.0 Å². The highest BCUT2D eigenvalue weighted by Crippen LogP contribution is 2.35. The van der Waals surface area contributed by atoms with E-state index in [1.54, 1.807) is 0 Å². The summed E-state index contributed by atoms with van der Waals surface area (Å²) in [7, 11) is 2.55. The number of nitro groups is 2. The van der Waals surface area contributed by atoms with E-state index < -0.39 is 62.4 Å². The lowest BCUT2D eigenvalue weighted by atomic mass is 10.1. The van der Waals surface area contributed by atoms with E-state index in [2.05, 4.69) is 0 Å². The first-order chi connectivity index (χ1) is 19.2. The fraction of sp³-hybridized carbons (Fsp3) is 0.217. The molecule has 2 rings (SSSR count). The van der Waals surface area contributed by atoms with Crippen molar-refractivity contribution in [3.05, 3.63) is 55.6 Å². The van der Waals surface area contributed by atoms with Gasteiger partial charge in [-0.15, -0.1) is 0 Å². The van der Waals surface area contributed by atoms with Crippen molar-refractivity contribution >= 4 is 48.3 Å². The van der Waals surface area contributed by atoms with Crippen LogP contribution in [0.15, 0.2) is 24.3 Å². The lowest BCUT2D eigenvalue weighted by Crippen LogP contribution is -2.27. The van der Waals surface area contributed by atoms with Crippen LogP contribution in [0.3, 0.4) is 0 Å². The number of aldehydes is 2. The zero-order valence-electron chi connectivity index (χ0n) is 21.6. The second-order valence-electron chi connectivity index (χ2n) is 7.31. The van der Waals surface area contributed by atoms with Crippen LogP contribution in [0.2, 0.25) is 0 Å². The van der Waals surface area contributed by atoms with Crippen molar-refractivity contribution in [2.75, 3.05) is 20.8 Å². The number of phenolic OH excluding ortho intramolecular Hbond substituents is 2. The van der Waals surface area contributed by atoms with Crippen molar-refractivity contribution in [2.24, 2.45) is 5.73 Å². The summed E-state index contributed by atoms with van der Waals surface area (Å²) in [6.07, 6.45) is 1.01. The average molecular weight is 580 g/mol. The van der Waals surface area contributed by atoms with Crippen molar-refractivity contribution in [3.63, 3.8) is 0 Å². The van der Waals surface area contributed by atoms with Crippen LogP contribution in [0, 0.1) is 20.2 Å². The third kappa shape index (κ3) is 10.5. The van der Waals surface area contributed by atoms with Gasteiger partial charge in [-0.1, -0.05) is 0 Å². The number of Topliss-reactive ketones (excluding diaryl/α,β-unsaturated/α-hetero) is 2. The molecule has 4 N–H and O–H groups in total. The summed E-state index contributed by atoms with van der Waals surface area (Å²) in [5.41, 5.74) is 2.95. The van der Waals surface area contributed by atoms with E-state index in [4.69, 9.17) is 15.2 Å². The summed E-state index contributed by atoms with van der Waals surface area (Å²) in [5.74, 6) is -2.64. The summed E-state index contributed by atoms with van der Waals surface area (Å²) >= 11 is 0. The molecule has 0 aliphatic heterocycles. The molecule has 0 bridgehead atoms. The molecule has 0 heterocycles. The number of ether oxygens (including phenoxy) is 2. The predicted octanol–water partition coefficient (Wildman–Crippen LogP) is 0.330. The molecule has 0 aliphatic rings. The number of carbonyl (C=O) groups excluding carboxylic acids is 6. The third-order valence-corrected chi connectivity index (χ3v) is 4.58. The molecule has 18 nitrogen and oxygen atoms in total. The Bertz CT molecular complexity index is 1280. The number of imide groups is 1. The summed E-state index contributed by atoms with van der Waals surface area (Å²) in [4.78, 5) is 82.7. The molecule has 220 valence electrons. The van der Waals surface area contributed by atoms with Gasteiger partial charge >= 0.3 is 11.4 Å². The Balaban J connectivity index is 0.000000669. The first-order valence-electron chi connectivity index (χ1n) is 10.7. The number of aromatic hydroxyl groups is 2. The van der Waals surface area contributed by atoms with Gasteiger partial charge in [0, 0.05) is 0 Å². The van der Waals surface area contributed by atoms with Crippen LogP contribution >= 0.6 is 0 Å². The number of nitrogens with zero attached hydrogens (tertiary/aromatic N) is 3. The van der Waals surface area contributed by atoms with Crippen LogP contribution in [-0.2, 0) is 19.2 Å². The number of amides is 2. The van der Waals surface area contributed by atoms with Gasteiger partial charge in [-0.2, -0.15) is 0 Å². The Morgan fingerprint density at radius 1 is 0.878 bits per heavy atom. The zero-order valence-corrected chi connectivity index (χ0v) is 21.6. The van der Waals surface area contributed by atoms with E-state index >= 15 is 0 Å². The molecule has 0 radical (unpaired) electrons. The second kappa shape index (κ2) is 16.9. The van der Waals surface area contributed by atoms with Crippen molar-refractivity contribution in [3.8, 4) is 23.0 Å². The van der Waals surface area contributed by atoms with E-state index in [0.29, 0.717) is 17.5 Å². The highest BCUT2D eigenvalue weighted by molar-refractivity contribution is 6.03. The number of methoxy groups -OCH3 is 2. The van der Waals surface area contributed by atoms with Gasteiger partial charge in [-0.3, -0.25) is 44.3 Å². The van der Waals surface area contributed by atoms with Crippen LogP contribution in [0.5, 0.6) is 23.0 Å². The third-order valence-electron chi connectivity index (χ3n) is 4.58. The van der Waals surface area contributed by atoms with E-state index in [1.165, 1.54) is 27.2 Å². The molecular formula is C23H24N4O14. The highest BCUT2D eigenvalue weighted by atomic mass is 16.6. The number of hydrogen-bond acceptors (Lipinski definition) is 15. The Labute approximate surface area is 230 Å². The molecule has 0 fully saturated rings. The monoisotopic (exact) mass is 580 g/mol. The lowest BCUT2D eigenvalue weighted by molar-refractivity contribution is -0.386. The highest BCUT2D eigenvalue weighted by Gasteiger charge is 2.25. The van der Waals surface area contributed by atoms with Crippen LogP contribution < -0.4 is 15.2 Å². The number of ketones is 2. The second-order valence-corrected chi connectivity index (χ2v) is 7.31. The SMILES string of the molecule is COc1cc(C(=O)CN(C=O)C=O)c(O)c([N+](=O)[O-])c1.COc1cc(C(C)=O)c(O)c([N+](=O)[O-])c1.NC(C=O)C=O. The average Bonchev–Trinajstić information content (AvgIpc) is 2.95. The normalized spacial score (nSPS) is 9.49. The summed E-state index contributed by atoms with van der Waals surface area (Å²) in [5, 5.41) is 40.4. The maximum absolute atomic E-state index is 11.8. The van der Waals surface area contributed by atoms with Crippen molar-refractivity contribution in [1.29, 1.82) is 0 Å². The first kappa shape index (κ1) is 35.2. The molecule has 2 amide bonds. The molecule has 0 aromatic heterocycles. The van der Waals surface area contributed by atoms with Gasteiger partial charge in [0.25, 0.3) is 0 Å². The maximum atomic E-state index is 11.8. The standard InChI is InChI=1S/C11H10N2O7.C9H9NO5.C3H5NO2/c1-20-7-2-8(10(16)4-12(5-14)6-15)11(17)9(3-7)13(18)19;1-5(11)7-3-6(15-2)4-8(9(7)12)10(13)14;4-3(1-5)2-6/h2-3,5-6,17H,4H2,1H3;3-4,12H,1-2H3;1-3H,4H2. The number of rotatable bonds is 12. The molecular weight excluding hydrogens is 556 g/mol. The lowest BCUT2D eigenvalue weighted by Gasteiger charge is -2.10. The molecule has 0 unspecified atom stereocenters. The minimum atomic E-state index is -0.926. The Hall–Kier alpha value is -5.78. The fourth-order valence-electron chi connectivity index (χ4n) is 2.56.